The van der Waals surface area contributed by atoms with Crippen LogP contribution in [0.4, 0.5) is 0 Å². The van der Waals surface area contributed by atoms with E-state index in [1.807, 2.05) is 7.05 Å². The zero-order valence-corrected chi connectivity index (χ0v) is 11.3. The summed E-state index contributed by atoms with van der Waals surface area (Å²) in [4.78, 5) is 4.09. The van der Waals surface area contributed by atoms with Gasteiger partial charge in [-0.05, 0) is 36.8 Å². The van der Waals surface area contributed by atoms with E-state index >= 15 is 0 Å². The Hall–Kier alpha value is -0.330. The quantitative estimate of drug-likeness (QED) is 0.522. The van der Waals surface area contributed by atoms with E-state index in [4.69, 9.17) is 0 Å². The van der Waals surface area contributed by atoms with Gasteiger partial charge in [0.2, 0.25) is 0 Å². The van der Waals surface area contributed by atoms with Crippen LogP contribution in [0.2, 0.25) is 0 Å². The Morgan fingerprint density at radius 1 is 1.13 bits per heavy atom. The first-order valence-corrected chi connectivity index (χ1v) is 6.56. The maximum atomic E-state index is 4.09. The minimum Gasteiger partial charge on any atom is -0.301 e. The lowest BCUT2D eigenvalue weighted by Crippen LogP contribution is -2.13. The summed E-state index contributed by atoms with van der Waals surface area (Å²) < 4.78 is 0. The second kappa shape index (κ2) is 8.94. The van der Waals surface area contributed by atoms with Crippen molar-refractivity contribution < 1.29 is 0 Å². The molecule has 0 bridgehead atoms. The summed E-state index contributed by atoms with van der Waals surface area (Å²) in [6.07, 6.45) is 8.58. The molecule has 0 aromatic heterocycles. The van der Waals surface area contributed by atoms with Crippen LogP contribution >= 0.6 is 0 Å². The number of hydrogen-bond acceptors (Lipinski definition) is 1. The summed E-state index contributed by atoms with van der Waals surface area (Å²) in [6, 6.07) is 0. The lowest BCUT2D eigenvalue weighted by atomic mass is 9.82. The molecule has 0 aliphatic carbocycles. The minimum absolute atomic E-state index is 0.836. The van der Waals surface area contributed by atoms with Gasteiger partial charge in [0, 0.05) is 7.05 Å². The van der Waals surface area contributed by atoms with Gasteiger partial charge >= 0.3 is 0 Å². The van der Waals surface area contributed by atoms with Crippen molar-refractivity contribution in [3.63, 3.8) is 0 Å². The number of rotatable bonds is 8. The van der Waals surface area contributed by atoms with Crippen LogP contribution in [0.1, 0.15) is 59.8 Å². The van der Waals surface area contributed by atoms with Crippen LogP contribution in [0.25, 0.3) is 0 Å². The van der Waals surface area contributed by atoms with Gasteiger partial charge in [0.15, 0.2) is 0 Å². The summed E-state index contributed by atoms with van der Waals surface area (Å²) >= 11 is 0. The summed E-state index contributed by atoms with van der Waals surface area (Å²) in [6.45, 7) is 9.39. The average molecular weight is 211 g/mol. The van der Waals surface area contributed by atoms with Crippen molar-refractivity contribution in [2.75, 3.05) is 7.05 Å². The fourth-order valence-electron chi connectivity index (χ4n) is 2.18. The Labute approximate surface area is 96.4 Å². The van der Waals surface area contributed by atoms with E-state index in [0.29, 0.717) is 0 Å². The van der Waals surface area contributed by atoms with E-state index in [0.717, 1.165) is 24.2 Å². The predicted octanol–water partition coefficient (Wildman–Crippen LogP) is 4.57. The normalized spacial score (nSPS) is 17.9. The first-order valence-electron chi connectivity index (χ1n) is 6.56. The summed E-state index contributed by atoms with van der Waals surface area (Å²) in [7, 11) is 1.87. The molecule has 0 aliphatic heterocycles. The van der Waals surface area contributed by atoms with E-state index in [-0.39, 0.29) is 0 Å². The predicted molar refractivity (Wildman–Crippen MR) is 70.7 cm³/mol. The van der Waals surface area contributed by atoms with Crippen LogP contribution in [-0.4, -0.2) is 13.3 Å². The van der Waals surface area contributed by atoms with Crippen LogP contribution in [0.3, 0.4) is 0 Å². The third-order valence-electron chi connectivity index (χ3n) is 3.62. The Balaban J connectivity index is 3.93. The van der Waals surface area contributed by atoms with Gasteiger partial charge in [-0.1, -0.05) is 47.0 Å². The van der Waals surface area contributed by atoms with E-state index < -0.39 is 0 Å². The van der Waals surface area contributed by atoms with Crippen LogP contribution in [-0.2, 0) is 0 Å². The molecule has 0 amide bonds. The van der Waals surface area contributed by atoms with Crippen LogP contribution in [0.15, 0.2) is 4.99 Å². The van der Waals surface area contributed by atoms with Gasteiger partial charge < -0.3 is 4.99 Å². The summed E-state index contributed by atoms with van der Waals surface area (Å²) in [5, 5.41) is 0. The molecule has 90 valence electrons. The molecule has 0 heterocycles. The standard InChI is InChI=1S/C14H29N/c1-6-8-12(3)13(4)11-14(7-2)9-10-15-5/h10,12-14H,6-9,11H2,1-5H3/t12-,13?,14-/m1/s1. The minimum atomic E-state index is 0.836. The highest BCUT2D eigenvalue weighted by atomic mass is 14.6. The smallest absolute Gasteiger partial charge is 0.0273 e. The van der Waals surface area contributed by atoms with E-state index in [1.54, 1.807) is 0 Å². The molecule has 3 atom stereocenters. The maximum absolute atomic E-state index is 4.09. The van der Waals surface area contributed by atoms with Gasteiger partial charge in [-0.2, -0.15) is 0 Å². The lowest BCUT2D eigenvalue weighted by molar-refractivity contribution is 0.288. The summed E-state index contributed by atoms with van der Waals surface area (Å²) in [5.74, 6) is 2.57. The highest BCUT2D eigenvalue weighted by molar-refractivity contribution is 5.57. The number of nitrogens with zero attached hydrogens (tertiary/aromatic N) is 1. The van der Waals surface area contributed by atoms with Gasteiger partial charge in [0.25, 0.3) is 0 Å². The molecule has 0 radical (unpaired) electrons. The van der Waals surface area contributed by atoms with Crippen LogP contribution < -0.4 is 0 Å². The van der Waals surface area contributed by atoms with Crippen molar-refractivity contribution in [2.24, 2.45) is 22.7 Å². The largest absolute Gasteiger partial charge is 0.301 e. The molecule has 0 spiro atoms. The van der Waals surface area contributed by atoms with Crippen LogP contribution in [0.5, 0.6) is 0 Å². The van der Waals surface area contributed by atoms with Crippen molar-refractivity contribution in [3.8, 4) is 0 Å². The molecule has 0 saturated heterocycles. The molecule has 0 aliphatic rings. The van der Waals surface area contributed by atoms with Crippen molar-refractivity contribution in [1.82, 2.24) is 0 Å². The second-order valence-electron chi connectivity index (χ2n) is 4.93. The SMILES string of the molecule is CCC[C@@H](C)C(C)C[C@H](CC)CC=NC. The molecule has 0 aromatic rings. The third-order valence-corrected chi connectivity index (χ3v) is 3.62. The Morgan fingerprint density at radius 2 is 1.80 bits per heavy atom. The highest BCUT2D eigenvalue weighted by Gasteiger charge is 2.15. The summed E-state index contributed by atoms with van der Waals surface area (Å²) in [5.41, 5.74) is 0. The molecule has 0 fully saturated rings. The molecule has 0 aromatic carbocycles. The van der Waals surface area contributed by atoms with Gasteiger partial charge in [-0.3, -0.25) is 0 Å². The van der Waals surface area contributed by atoms with Gasteiger partial charge in [0.1, 0.15) is 0 Å². The monoisotopic (exact) mass is 211 g/mol. The molecule has 15 heavy (non-hydrogen) atoms. The van der Waals surface area contributed by atoms with Crippen molar-refractivity contribution in [3.05, 3.63) is 0 Å². The Kier molecular flexibility index (Phi) is 8.74. The molecule has 1 nitrogen and oxygen atoms in total. The van der Waals surface area contributed by atoms with E-state index in [2.05, 4.69) is 38.9 Å². The fourth-order valence-corrected chi connectivity index (χ4v) is 2.18. The molecule has 0 N–H and O–H groups in total. The number of hydrogen-bond donors (Lipinski definition) is 0. The molecule has 1 heteroatoms. The van der Waals surface area contributed by atoms with Crippen molar-refractivity contribution >= 4 is 6.21 Å². The average Bonchev–Trinajstić information content (AvgIpc) is 2.24. The van der Waals surface area contributed by atoms with E-state index in [1.165, 1.54) is 25.7 Å². The van der Waals surface area contributed by atoms with Gasteiger partial charge in [0.05, 0.1) is 0 Å². The molecular weight excluding hydrogens is 182 g/mol. The highest BCUT2D eigenvalue weighted by Crippen LogP contribution is 2.26. The Bertz CT molecular complexity index is 163. The zero-order valence-electron chi connectivity index (χ0n) is 11.3. The fraction of sp³-hybridized carbons (Fsp3) is 0.929. The van der Waals surface area contributed by atoms with Crippen molar-refractivity contribution in [1.29, 1.82) is 0 Å². The van der Waals surface area contributed by atoms with Crippen molar-refractivity contribution in [2.45, 2.75) is 59.8 Å². The van der Waals surface area contributed by atoms with Gasteiger partial charge in [-0.25, -0.2) is 0 Å². The second-order valence-corrected chi connectivity index (χ2v) is 4.93. The maximum Gasteiger partial charge on any atom is 0.0273 e. The topological polar surface area (TPSA) is 12.4 Å². The first-order chi connectivity index (χ1) is 7.15. The Morgan fingerprint density at radius 3 is 2.27 bits per heavy atom. The molecule has 0 rings (SSSR count). The van der Waals surface area contributed by atoms with Crippen LogP contribution in [0, 0.1) is 17.8 Å². The molecule has 0 saturated carbocycles. The molecule has 1 unspecified atom stereocenters. The van der Waals surface area contributed by atoms with Gasteiger partial charge in [-0.15, -0.1) is 0 Å². The van der Waals surface area contributed by atoms with E-state index in [9.17, 15) is 0 Å². The number of aliphatic imine (C=N–C) groups is 1. The zero-order chi connectivity index (χ0) is 11.7. The third kappa shape index (κ3) is 6.70. The first kappa shape index (κ1) is 14.7. The lowest BCUT2D eigenvalue weighted by Gasteiger charge is -2.23. The molecular formula is C14H29N.